The molecule has 0 radical (unpaired) electrons. The molecule has 5 aromatic carbocycles. The van der Waals surface area contributed by atoms with Crippen molar-refractivity contribution in [2.24, 2.45) is 0 Å². The van der Waals surface area contributed by atoms with Crippen LogP contribution >= 0.6 is 0 Å². The zero-order valence-electron chi connectivity index (χ0n) is 27.3. The van der Waals surface area contributed by atoms with Gasteiger partial charge in [-0.2, -0.15) is 0 Å². The van der Waals surface area contributed by atoms with Crippen molar-refractivity contribution in [3.63, 3.8) is 0 Å². The summed E-state index contributed by atoms with van der Waals surface area (Å²) in [7, 11) is 0. The van der Waals surface area contributed by atoms with Crippen LogP contribution in [0.1, 0.15) is 32.7 Å². The Morgan fingerprint density at radius 1 is 0.540 bits per heavy atom. The highest BCUT2D eigenvalue weighted by atomic mass is 16.6. The predicted octanol–water partition coefficient (Wildman–Crippen LogP) is 7.35. The SMILES string of the molecule is C=CC(=O)OCCCOc1ccc2cc(C(=O)Oc3ccc(OC(=O)c4ccc5cc(OCCOC(=O)C=C)ccc5c4)c(C)c3)ccc2c1. The van der Waals surface area contributed by atoms with Gasteiger partial charge >= 0.3 is 23.9 Å². The minimum absolute atomic E-state index is 0.0982. The zero-order valence-corrected chi connectivity index (χ0v) is 27.3. The number of esters is 4. The molecule has 10 heteroatoms. The number of benzene rings is 5. The lowest BCUT2D eigenvalue weighted by Gasteiger charge is -2.11. The van der Waals surface area contributed by atoms with Gasteiger partial charge in [0.1, 0.15) is 36.2 Å². The van der Waals surface area contributed by atoms with Crippen molar-refractivity contribution in [3.05, 3.63) is 133 Å². The van der Waals surface area contributed by atoms with E-state index in [2.05, 4.69) is 13.2 Å². The average Bonchev–Trinajstić information content (AvgIpc) is 3.13. The molecule has 0 amide bonds. The van der Waals surface area contributed by atoms with Gasteiger partial charge < -0.3 is 28.4 Å². The van der Waals surface area contributed by atoms with Crippen LogP contribution in [0.2, 0.25) is 0 Å². The number of fused-ring (bicyclic) bond motifs is 2. The molecular weight excluding hydrogens is 640 g/mol. The van der Waals surface area contributed by atoms with E-state index >= 15 is 0 Å². The standard InChI is InChI=1S/C40H34O10/c1-4-37(41)47-18-6-17-45-33-13-11-27-22-31(9-7-29(27)24-33)39(43)49-35-15-16-36(26(3)21-35)50-40(44)32-10-8-30-25-34(14-12-28(30)23-32)46-19-20-48-38(42)5-2/h4-5,7-16,21-25H,1-2,6,17-20H2,3H3. The Morgan fingerprint density at radius 2 is 1.04 bits per heavy atom. The lowest BCUT2D eigenvalue weighted by atomic mass is 10.1. The molecule has 0 heterocycles. The molecule has 0 saturated carbocycles. The van der Waals surface area contributed by atoms with E-state index in [1.165, 1.54) is 0 Å². The van der Waals surface area contributed by atoms with Crippen molar-refractivity contribution in [1.29, 1.82) is 0 Å². The monoisotopic (exact) mass is 674 g/mol. The van der Waals surface area contributed by atoms with Gasteiger partial charge in [-0.3, -0.25) is 0 Å². The van der Waals surface area contributed by atoms with E-state index < -0.39 is 23.9 Å². The van der Waals surface area contributed by atoms with Gasteiger partial charge in [0.15, 0.2) is 0 Å². The fourth-order valence-electron chi connectivity index (χ4n) is 4.85. The van der Waals surface area contributed by atoms with E-state index in [4.69, 9.17) is 28.4 Å². The van der Waals surface area contributed by atoms with Gasteiger partial charge in [0.05, 0.1) is 24.3 Å². The van der Waals surface area contributed by atoms with Crippen molar-refractivity contribution >= 4 is 45.4 Å². The fraction of sp³-hybridized carbons (Fsp3) is 0.150. The normalized spacial score (nSPS) is 10.6. The smallest absolute Gasteiger partial charge is 0.343 e. The molecule has 0 saturated heterocycles. The van der Waals surface area contributed by atoms with Crippen LogP contribution < -0.4 is 18.9 Å². The van der Waals surface area contributed by atoms with Gasteiger partial charge in [-0.25, -0.2) is 19.2 Å². The number of hydrogen-bond acceptors (Lipinski definition) is 10. The third-order valence-electron chi connectivity index (χ3n) is 7.39. The third-order valence-corrected chi connectivity index (χ3v) is 7.39. The van der Waals surface area contributed by atoms with Crippen molar-refractivity contribution < 1.29 is 47.6 Å². The number of rotatable bonds is 15. The summed E-state index contributed by atoms with van der Waals surface area (Å²) in [4.78, 5) is 48.3. The number of ether oxygens (including phenoxy) is 6. The molecule has 0 unspecified atom stereocenters. The summed E-state index contributed by atoms with van der Waals surface area (Å²) in [5.41, 5.74) is 1.33. The minimum Gasteiger partial charge on any atom is -0.493 e. The largest absolute Gasteiger partial charge is 0.493 e. The molecular formula is C40H34O10. The van der Waals surface area contributed by atoms with Crippen molar-refractivity contribution in [3.8, 4) is 23.0 Å². The van der Waals surface area contributed by atoms with Gasteiger partial charge in [-0.1, -0.05) is 37.4 Å². The van der Waals surface area contributed by atoms with E-state index in [9.17, 15) is 19.2 Å². The molecule has 0 spiro atoms. The molecule has 0 fully saturated rings. The van der Waals surface area contributed by atoms with Crippen LogP contribution in [0.15, 0.2) is 116 Å². The Hall–Kier alpha value is -6.42. The van der Waals surface area contributed by atoms with E-state index in [1.54, 1.807) is 67.6 Å². The highest BCUT2D eigenvalue weighted by molar-refractivity contribution is 5.98. The van der Waals surface area contributed by atoms with Crippen LogP contribution in [0.3, 0.4) is 0 Å². The minimum atomic E-state index is -0.539. The highest BCUT2D eigenvalue weighted by Gasteiger charge is 2.15. The average molecular weight is 675 g/mol. The Bertz CT molecular complexity index is 2080. The Kier molecular flexibility index (Phi) is 11.6. The van der Waals surface area contributed by atoms with Crippen molar-refractivity contribution in [2.45, 2.75) is 13.3 Å². The summed E-state index contributed by atoms with van der Waals surface area (Å²) in [6.07, 6.45) is 2.74. The fourth-order valence-corrected chi connectivity index (χ4v) is 4.85. The third kappa shape index (κ3) is 9.35. The maximum atomic E-state index is 13.0. The molecule has 5 rings (SSSR count). The maximum Gasteiger partial charge on any atom is 0.343 e. The van der Waals surface area contributed by atoms with Gasteiger partial charge in [0.25, 0.3) is 0 Å². The second-order valence-electron chi connectivity index (χ2n) is 10.9. The van der Waals surface area contributed by atoms with Crippen molar-refractivity contribution in [2.75, 3.05) is 26.4 Å². The van der Waals surface area contributed by atoms with E-state index in [0.717, 1.165) is 33.7 Å². The first kappa shape index (κ1) is 34.9. The first-order chi connectivity index (χ1) is 24.2. The number of carbonyl (C=O) groups is 4. The summed E-state index contributed by atoms with van der Waals surface area (Å²) in [5.74, 6) is -0.170. The Morgan fingerprint density at radius 3 is 1.62 bits per heavy atom. The van der Waals surface area contributed by atoms with E-state index in [1.807, 2.05) is 30.3 Å². The molecule has 5 aromatic rings. The van der Waals surface area contributed by atoms with E-state index in [-0.39, 0.29) is 19.8 Å². The Balaban J connectivity index is 1.15. The van der Waals surface area contributed by atoms with Gasteiger partial charge in [-0.15, -0.1) is 0 Å². The Labute approximate surface area is 288 Å². The topological polar surface area (TPSA) is 124 Å². The number of hydrogen-bond donors (Lipinski definition) is 0. The van der Waals surface area contributed by atoms with Crippen LogP contribution in [0.25, 0.3) is 21.5 Å². The van der Waals surface area contributed by atoms with E-state index in [0.29, 0.717) is 52.7 Å². The van der Waals surface area contributed by atoms with Crippen molar-refractivity contribution in [1.82, 2.24) is 0 Å². The number of aryl methyl sites for hydroxylation is 1. The lowest BCUT2D eigenvalue weighted by molar-refractivity contribution is -0.139. The summed E-state index contributed by atoms with van der Waals surface area (Å²) in [5, 5.41) is 3.38. The molecule has 0 aliphatic rings. The first-order valence-electron chi connectivity index (χ1n) is 15.7. The number of carbonyl (C=O) groups excluding carboxylic acids is 4. The molecule has 10 nitrogen and oxygen atoms in total. The van der Waals surface area contributed by atoms with Crippen LogP contribution in [0.4, 0.5) is 0 Å². The first-order valence-corrected chi connectivity index (χ1v) is 15.7. The van der Waals surface area contributed by atoms with Gasteiger partial charge in [-0.05, 0) is 101 Å². The summed E-state index contributed by atoms with van der Waals surface area (Å²) < 4.78 is 32.5. The van der Waals surface area contributed by atoms with Gasteiger partial charge in [0.2, 0.25) is 0 Å². The summed E-state index contributed by atoms with van der Waals surface area (Å²) in [6.45, 7) is 9.36. The molecule has 0 atom stereocenters. The second-order valence-corrected chi connectivity index (χ2v) is 10.9. The molecule has 50 heavy (non-hydrogen) atoms. The maximum absolute atomic E-state index is 13.0. The molecule has 0 N–H and O–H groups in total. The van der Waals surface area contributed by atoms with Gasteiger partial charge in [0, 0.05) is 18.6 Å². The zero-order chi connectivity index (χ0) is 35.5. The molecule has 0 aliphatic heterocycles. The molecule has 0 aromatic heterocycles. The molecule has 0 aliphatic carbocycles. The van der Waals surface area contributed by atoms with Crippen LogP contribution in [-0.2, 0) is 19.1 Å². The highest BCUT2D eigenvalue weighted by Crippen LogP contribution is 2.28. The van der Waals surface area contributed by atoms with Crippen LogP contribution in [-0.4, -0.2) is 50.3 Å². The summed E-state index contributed by atoms with van der Waals surface area (Å²) >= 11 is 0. The van der Waals surface area contributed by atoms with Crippen LogP contribution in [0, 0.1) is 6.92 Å². The molecule has 0 bridgehead atoms. The quantitative estimate of drug-likeness (QED) is 0.0482. The van der Waals surface area contributed by atoms with Crippen LogP contribution in [0.5, 0.6) is 23.0 Å². The molecule has 254 valence electrons. The predicted molar refractivity (Wildman–Crippen MR) is 187 cm³/mol. The second kappa shape index (κ2) is 16.6. The lowest BCUT2D eigenvalue weighted by Crippen LogP contribution is -2.11. The summed E-state index contributed by atoms with van der Waals surface area (Å²) in [6, 6.07) is 26.1.